The van der Waals surface area contributed by atoms with Gasteiger partial charge in [-0.1, -0.05) is 34.1 Å². The Balaban J connectivity index is 1.88. The summed E-state index contributed by atoms with van der Waals surface area (Å²) in [6.07, 6.45) is 8.36. The van der Waals surface area contributed by atoms with Gasteiger partial charge in [-0.3, -0.25) is 4.90 Å². The molecule has 0 radical (unpaired) electrons. The zero-order valence-corrected chi connectivity index (χ0v) is 14.2. The molecule has 118 valence electrons. The topological polar surface area (TPSA) is 29.3 Å². The van der Waals surface area contributed by atoms with E-state index in [1.807, 2.05) is 0 Å². The van der Waals surface area contributed by atoms with Crippen LogP contribution in [0.2, 0.25) is 0 Å². The van der Waals surface area contributed by atoms with Gasteiger partial charge in [0.1, 0.15) is 0 Å². The molecule has 2 rings (SSSR count). The fraction of sp³-hybridized carbons (Fsp3) is 1.00. The molecule has 2 atom stereocenters. The first-order chi connectivity index (χ1) is 9.45. The van der Waals surface area contributed by atoms with Crippen molar-refractivity contribution in [1.29, 1.82) is 0 Å². The lowest BCUT2D eigenvalue weighted by molar-refractivity contribution is 0.0922. The van der Waals surface area contributed by atoms with Crippen molar-refractivity contribution in [2.45, 2.75) is 72.3 Å². The first-order valence-corrected chi connectivity index (χ1v) is 8.89. The van der Waals surface area contributed by atoms with E-state index in [4.69, 9.17) is 5.73 Å². The molecule has 0 aromatic carbocycles. The van der Waals surface area contributed by atoms with Crippen LogP contribution in [0, 0.1) is 23.2 Å². The molecule has 1 aliphatic heterocycles. The molecule has 1 heterocycles. The maximum atomic E-state index is 6.15. The summed E-state index contributed by atoms with van der Waals surface area (Å²) in [5.74, 6) is 2.70. The molecular weight excluding hydrogens is 244 g/mol. The molecule has 0 amide bonds. The quantitative estimate of drug-likeness (QED) is 0.846. The number of nitrogens with zero attached hydrogens (tertiary/aromatic N) is 1. The molecule has 0 aromatic rings. The Labute approximate surface area is 126 Å². The second-order valence-electron chi connectivity index (χ2n) is 8.34. The van der Waals surface area contributed by atoms with Gasteiger partial charge in [0.05, 0.1) is 0 Å². The highest BCUT2D eigenvalue weighted by atomic mass is 15.2. The highest BCUT2D eigenvalue weighted by Crippen LogP contribution is 2.41. The summed E-state index contributed by atoms with van der Waals surface area (Å²) in [4.78, 5) is 2.72. The number of likely N-dealkylation sites (tertiary alicyclic amines) is 1. The maximum absolute atomic E-state index is 6.15. The molecular formula is C18H36N2. The van der Waals surface area contributed by atoms with Crippen molar-refractivity contribution < 1.29 is 0 Å². The summed E-state index contributed by atoms with van der Waals surface area (Å²) in [6, 6.07) is 0.660. The minimum atomic E-state index is 0.490. The molecule has 2 heteroatoms. The van der Waals surface area contributed by atoms with E-state index < -0.39 is 0 Å². The Morgan fingerprint density at radius 1 is 1.10 bits per heavy atom. The van der Waals surface area contributed by atoms with Crippen LogP contribution < -0.4 is 5.73 Å². The van der Waals surface area contributed by atoms with E-state index in [1.54, 1.807) is 0 Å². The van der Waals surface area contributed by atoms with Crippen LogP contribution in [0.4, 0.5) is 0 Å². The second kappa shape index (κ2) is 6.79. The monoisotopic (exact) mass is 280 g/mol. The molecule has 2 nitrogen and oxygen atoms in total. The third kappa shape index (κ3) is 3.76. The molecule has 1 saturated carbocycles. The summed E-state index contributed by atoms with van der Waals surface area (Å²) in [6.45, 7) is 13.0. The molecule has 0 spiro atoms. The summed E-state index contributed by atoms with van der Waals surface area (Å²) < 4.78 is 0. The predicted octanol–water partition coefficient (Wildman–Crippen LogP) is 3.90. The van der Waals surface area contributed by atoms with Crippen LogP contribution >= 0.6 is 0 Å². The molecule has 1 aliphatic carbocycles. The molecule has 2 aliphatic rings. The Morgan fingerprint density at radius 2 is 1.75 bits per heavy atom. The van der Waals surface area contributed by atoms with Crippen LogP contribution in [0.5, 0.6) is 0 Å². The van der Waals surface area contributed by atoms with E-state index in [0.29, 0.717) is 11.5 Å². The lowest BCUT2D eigenvalue weighted by Gasteiger charge is -2.41. The lowest BCUT2D eigenvalue weighted by Crippen LogP contribution is -2.46. The van der Waals surface area contributed by atoms with Crippen molar-refractivity contribution >= 4 is 0 Å². The minimum Gasteiger partial charge on any atom is -0.329 e. The third-order valence-electron chi connectivity index (χ3n) is 6.15. The van der Waals surface area contributed by atoms with Crippen LogP contribution in [0.3, 0.4) is 0 Å². The normalized spacial score (nSPS) is 34.4. The van der Waals surface area contributed by atoms with Crippen LogP contribution in [-0.4, -0.2) is 30.6 Å². The summed E-state index contributed by atoms with van der Waals surface area (Å²) in [5.41, 5.74) is 6.64. The molecule has 1 saturated heterocycles. The van der Waals surface area contributed by atoms with Gasteiger partial charge >= 0.3 is 0 Å². The number of nitrogens with two attached hydrogens (primary N) is 1. The summed E-state index contributed by atoms with van der Waals surface area (Å²) in [5, 5.41) is 0. The zero-order valence-electron chi connectivity index (χ0n) is 14.2. The molecule has 20 heavy (non-hydrogen) atoms. The van der Waals surface area contributed by atoms with Crippen LogP contribution in [0.1, 0.15) is 66.2 Å². The molecule has 2 fully saturated rings. The first-order valence-electron chi connectivity index (χ1n) is 8.89. The Hall–Kier alpha value is -0.0800. The van der Waals surface area contributed by atoms with Crippen molar-refractivity contribution in [3.05, 3.63) is 0 Å². The van der Waals surface area contributed by atoms with Crippen molar-refractivity contribution in [3.63, 3.8) is 0 Å². The van der Waals surface area contributed by atoms with Gasteiger partial charge in [-0.05, 0) is 61.8 Å². The van der Waals surface area contributed by atoms with Crippen molar-refractivity contribution in [3.8, 4) is 0 Å². The van der Waals surface area contributed by atoms with E-state index in [2.05, 4.69) is 32.6 Å². The van der Waals surface area contributed by atoms with E-state index in [9.17, 15) is 0 Å². The van der Waals surface area contributed by atoms with Crippen molar-refractivity contribution in [1.82, 2.24) is 4.90 Å². The van der Waals surface area contributed by atoms with E-state index in [1.165, 1.54) is 51.6 Å². The molecule has 2 N–H and O–H groups in total. The molecule has 0 aromatic heterocycles. The van der Waals surface area contributed by atoms with Gasteiger partial charge in [-0.15, -0.1) is 0 Å². The fourth-order valence-electron chi connectivity index (χ4n) is 4.51. The van der Waals surface area contributed by atoms with E-state index in [-0.39, 0.29) is 0 Å². The molecule has 2 unspecified atom stereocenters. The number of rotatable bonds is 4. The van der Waals surface area contributed by atoms with Gasteiger partial charge in [-0.25, -0.2) is 0 Å². The Morgan fingerprint density at radius 3 is 2.20 bits per heavy atom. The van der Waals surface area contributed by atoms with Gasteiger partial charge in [0.15, 0.2) is 0 Å². The number of hydrogen-bond acceptors (Lipinski definition) is 2. The van der Waals surface area contributed by atoms with Crippen LogP contribution in [0.15, 0.2) is 0 Å². The first kappa shape index (κ1) is 16.3. The third-order valence-corrected chi connectivity index (χ3v) is 6.15. The lowest BCUT2D eigenvalue weighted by atomic mass is 9.68. The number of hydrogen-bond donors (Lipinski definition) is 1. The highest BCUT2D eigenvalue weighted by Gasteiger charge is 2.36. The fourth-order valence-corrected chi connectivity index (χ4v) is 4.51. The smallest absolute Gasteiger partial charge is 0.0246 e. The van der Waals surface area contributed by atoms with Crippen LogP contribution in [0.25, 0.3) is 0 Å². The largest absolute Gasteiger partial charge is 0.329 e. The second-order valence-corrected chi connectivity index (χ2v) is 8.34. The minimum absolute atomic E-state index is 0.490. The van der Waals surface area contributed by atoms with E-state index in [0.717, 1.165) is 24.3 Å². The summed E-state index contributed by atoms with van der Waals surface area (Å²) >= 11 is 0. The van der Waals surface area contributed by atoms with Gasteiger partial charge in [0.2, 0.25) is 0 Å². The van der Waals surface area contributed by atoms with Crippen molar-refractivity contribution in [2.75, 3.05) is 19.6 Å². The Bertz CT molecular complexity index is 286. The van der Waals surface area contributed by atoms with Gasteiger partial charge < -0.3 is 5.73 Å². The zero-order chi connectivity index (χ0) is 14.8. The standard InChI is InChI=1S/C18H36N2/c1-5-14-10-11-20(13-14)17(12-19)15-6-8-16(9-7-15)18(2,3)4/h14-17H,5-13,19H2,1-4H3. The Kier molecular flexibility index (Phi) is 5.53. The predicted molar refractivity (Wildman–Crippen MR) is 87.7 cm³/mol. The molecule has 0 bridgehead atoms. The SMILES string of the molecule is CCC1CCN(C(CN)C2CCC(C(C)(C)C)CC2)C1. The summed E-state index contributed by atoms with van der Waals surface area (Å²) in [7, 11) is 0. The van der Waals surface area contributed by atoms with Crippen LogP contribution in [-0.2, 0) is 0 Å². The van der Waals surface area contributed by atoms with E-state index >= 15 is 0 Å². The van der Waals surface area contributed by atoms with Gasteiger partial charge in [-0.2, -0.15) is 0 Å². The van der Waals surface area contributed by atoms with Gasteiger partial charge in [0, 0.05) is 19.1 Å². The maximum Gasteiger partial charge on any atom is 0.0246 e. The average molecular weight is 281 g/mol. The highest BCUT2D eigenvalue weighted by molar-refractivity contribution is 4.90. The van der Waals surface area contributed by atoms with Crippen molar-refractivity contribution in [2.24, 2.45) is 28.9 Å². The van der Waals surface area contributed by atoms with Gasteiger partial charge in [0.25, 0.3) is 0 Å². The average Bonchev–Trinajstić information content (AvgIpc) is 2.88.